The highest BCUT2D eigenvalue weighted by Gasteiger charge is 2.57. The Morgan fingerprint density at radius 2 is 1.36 bits per heavy atom. The molecule has 1 saturated heterocycles. The maximum atomic E-state index is 14.8. The van der Waals surface area contributed by atoms with Crippen molar-refractivity contribution in [1.29, 1.82) is 0 Å². The second kappa shape index (κ2) is 13.7. The molecule has 0 aromatic heterocycles. The lowest BCUT2D eigenvalue weighted by molar-refractivity contribution is -0.193. The summed E-state index contributed by atoms with van der Waals surface area (Å²) in [6, 6.07) is 16.4. The van der Waals surface area contributed by atoms with Crippen molar-refractivity contribution in [3.63, 3.8) is 0 Å². The average molecular weight is 596 g/mol. The summed E-state index contributed by atoms with van der Waals surface area (Å²) in [6.07, 6.45) is -9.94. The Kier molecular flexibility index (Phi) is 10.3. The topological polar surface area (TPSA) is 37.0 Å². The molecule has 4 rings (SSSR count). The highest BCUT2D eigenvalue weighted by molar-refractivity contribution is 5.63. The maximum Gasteiger partial charge on any atom is 0.410 e. The van der Waals surface area contributed by atoms with Gasteiger partial charge in [-0.1, -0.05) is 60.7 Å². The number of nitrogens with zero attached hydrogens (tertiary/aromatic N) is 2. The number of hydrogen-bond donors (Lipinski definition) is 1. The summed E-state index contributed by atoms with van der Waals surface area (Å²) in [5.74, 6) is 0.202. The van der Waals surface area contributed by atoms with E-state index in [9.17, 15) is 26.3 Å². The molecular weight excluding hydrogens is 560 g/mol. The van der Waals surface area contributed by atoms with Crippen LogP contribution in [0.4, 0.5) is 32.0 Å². The maximum absolute atomic E-state index is 14.8. The summed E-state index contributed by atoms with van der Waals surface area (Å²) in [6.45, 7) is 2.91. The third-order valence-corrected chi connectivity index (χ3v) is 7.20. The monoisotopic (exact) mass is 595 g/mol. The van der Waals surface area contributed by atoms with E-state index in [4.69, 9.17) is 9.47 Å². The van der Waals surface area contributed by atoms with Gasteiger partial charge in [-0.05, 0) is 37.1 Å². The summed E-state index contributed by atoms with van der Waals surface area (Å²) in [5.41, 5.74) is 1.31. The molecule has 1 heterocycles. The second-order valence-corrected chi connectivity index (χ2v) is 10.0. The smallest absolute Gasteiger partial charge is 0.410 e. The molecule has 0 radical (unpaired) electrons. The number of nitrogens with one attached hydrogen (secondary N) is 1. The minimum Gasteiger partial charge on any atom is -0.494 e. The van der Waals surface area contributed by atoms with E-state index in [1.807, 2.05) is 30.3 Å². The predicted molar refractivity (Wildman–Crippen MR) is 150 cm³/mol. The molecule has 42 heavy (non-hydrogen) atoms. The predicted octanol–water partition coefficient (Wildman–Crippen LogP) is 7.00. The van der Waals surface area contributed by atoms with Crippen LogP contribution in [-0.2, 0) is 6.54 Å². The molecule has 3 aromatic carbocycles. The van der Waals surface area contributed by atoms with Crippen molar-refractivity contribution < 1.29 is 35.8 Å². The largest absolute Gasteiger partial charge is 0.494 e. The van der Waals surface area contributed by atoms with Gasteiger partial charge in [0.2, 0.25) is 0 Å². The van der Waals surface area contributed by atoms with E-state index in [0.717, 1.165) is 5.56 Å². The minimum atomic E-state index is -4.97. The van der Waals surface area contributed by atoms with Crippen molar-refractivity contribution in [1.82, 2.24) is 10.2 Å². The minimum absolute atomic E-state index is 0.0546. The molecule has 3 aromatic rings. The fourth-order valence-corrected chi connectivity index (χ4v) is 5.34. The summed E-state index contributed by atoms with van der Waals surface area (Å²) >= 11 is 0. The zero-order valence-electron chi connectivity index (χ0n) is 23.5. The molecule has 0 bridgehead atoms. The molecule has 0 aliphatic carbocycles. The number of ether oxygens (including phenoxy) is 2. The van der Waals surface area contributed by atoms with Crippen LogP contribution in [0.5, 0.6) is 11.5 Å². The van der Waals surface area contributed by atoms with Gasteiger partial charge < -0.3 is 19.7 Å². The zero-order valence-corrected chi connectivity index (χ0v) is 23.5. The van der Waals surface area contributed by atoms with Gasteiger partial charge in [0.15, 0.2) is 0 Å². The SMILES string of the molecule is CCOc1ccc(N2C(C(F)(F)F)CN(C(CNCc3ccccc3)c3ccccc3)CC2C(F)(F)F)c(OCC)c1. The second-order valence-electron chi connectivity index (χ2n) is 10.0. The fraction of sp³-hybridized carbons (Fsp3) is 0.419. The first-order valence-electron chi connectivity index (χ1n) is 13.9. The summed E-state index contributed by atoms with van der Waals surface area (Å²) in [4.78, 5) is 1.74. The van der Waals surface area contributed by atoms with Crippen LogP contribution in [0.15, 0.2) is 78.9 Å². The molecule has 0 saturated carbocycles. The number of alkyl halides is 6. The van der Waals surface area contributed by atoms with Gasteiger partial charge in [0.25, 0.3) is 0 Å². The fourth-order valence-electron chi connectivity index (χ4n) is 5.34. The average Bonchev–Trinajstić information content (AvgIpc) is 2.95. The Bertz CT molecular complexity index is 1230. The van der Waals surface area contributed by atoms with E-state index < -0.39 is 43.6 Å². The molecule has 1 aliphatic rings. The molecular formula is C31H35F6N3O2. The molecule has 3 atom stereocenters. The van der Waals surface area contributed by atoms with Gasteiger partial charge in [0, 0.05) is 38.3 Å². The summed E-state index contributed by atoms with van der Waals surface area (Å²) < 4.78 is 99.5. The van der Waals surface area contributed by atoms with E-state index in [-0.39, 0.29) is 31.2 Å². The van der Waals surface area contributed by atoms with Crippen LogP contribution in [0.3, 0.4) is 0 Å². The van der Waals surface area contributed by atoms with Crippen LogP contribution >= 0.6 is 0 Å². The van der Waals surface area contributed by atoms with Gasteiger partial charge in [-0.25, -0.2) is 0 Å². The van der Waals surface area contributed by atoms with Gasteiger partial charge in [-0.15, -0.1) is 0 Å². The molecule has 1 fully saturated rings. The summed E-state index contributed by atoms with van der Waals surface area (Å²) in [7, 11) is 0. The Hall–Kier alpha value is -3.44. The highest BCUT2D eigenvalue weighted by Crippen LogP contribution is 2.45. The van der Waals surface area contributed by atoms with Crippen LogP contribution in [0.25, 0.3) is 0 Å². The van der Waals surface area contributed by atoms with Crippen molar-refractivity contribution in [3.05, 3.63) is 90.0 Å². The molecule has 3 unspecified atom stereocenters. The zero-order chi connectivity index (χ0) is 30.3. The van der Waals surface area contributed by atoms with E-state index in [2.05, 4.69) is 5.32 Å². The van der Waals surface area contributed by atoms with Crippen molar-refractivity contribution in [2.24, 2.45) is 0 Å². The Morgan fingerprint density at radius 1 is 0.786 bits per heavy atom. The Morgan fingerprint density at radius 3 is 1.90 bits per heavy atom. The molecule has 5 nitrogen and oxygen atoms in total. The normalized spacial score (nSPS) is 19.0. The molecule has 0 spiro atoms. The first-order chi connectivity index (χ1) is 20.0. The quantitative estimate of drug-likeness (QED) is 0.242. The van der Waals surface area contributed by atoms with Gasteiger partial charge >= 0.3 is 12.4 Å². The molecule has 1 aliphatic heterocycles. The van der Waals surface area contributed by atoms with Crippen LogP contribution in [-0.4, -0.2) is 62.2 Å². The van der Waals surface area contributed by atoms with Crippen LogP contribution in [0.2, 0.25) is 0 Å². The lowest BCUT2D eigenvalue weighted by atomic mass is 9.97. The van der Waals surface area contributed by atoms with E-state index >= 15 is 0 Å². The number of rotatable bonds is 11. The van der Waals surface area contributed by atoms with Gasteiger partial charge in [-0.2, -0.15) is 26.3 Å². The highest BCUT2D eigenvalue weighted by atomic mass is 19.4. The number of benzene rings is 3. The standard InChI is InChI=1S/C31H35F6N3O2/c1-3-41-24-15-16-25(27(17-24)42-4-2)40-28(30(32,33)34)20-39(21-29(40)31(35,36)37)26(23-13-9-6-10-14-23)19-38-18-22-11-7-5-8-12-22/h5-17,26,28-29,38H,3-4,18-21H2,1-2H3. The van der Waals surface area contributed by atoms with E-state index in [1.54, 1.807) is 44.2 Å². The number of anilines is 1. The van der Waals surface area contributed by atoms with Crippen LogP contribution in [0.1, 0.15) is 31.0 Å². The first kappa shape index (κ1) is 31.5. The lowest BCUT2D eigenvalue weighted by Crippen LogP contribution is -2.68. The molecule has 11 heteroatoms. The Labute approximate surface area is 242 Å². The van der Waals surface area contributed by atoms with Crippen molar-refractivity contribution in [2.75, 3.05) is 37.7 Å². The summed E-state index contributed by atoms with van der Waals surface area (Å²) in [5, 5.41) is 3.24. The third-order valence-electron chi connectivity index (χ3n) is 7.20. The first-order valence-corrected chi connectivity index (χ1v) is 13.9. The van der Waals surface area contributed by atoms with Crippen molar-refractivity contribution >= 4 is 5.69 Å². The van der Waals surface area contributed by atoms with Gasteiger partial charge in [0.05, 0.1) is 18.9 Å². The van der Waals surface area contributed by atoms with E-state index in [1.165, 1.54) is 23.1 Å². The van der Waals surface area contributed by atoms with E-state index in [0.29, 0.717) is 22.8 Å². The van der Waals surface area contributed by atoms with Crippen molar-refractivity contribution in [2.45, 2.75) is 50.9 Å². The molecule has 0 amide bonds. The van der Waals surface area contributed by atoms with Crippen molar-refractivity contribution in [3.8, 4) is 11.5 Å². The molecule has 1 N–H and O–H groups in total. The number of halogens is 6. The van der Waals surface area contributed by atoms with Gasteiger partial charge in [-0.3, -0.25) is 4.90 Å². The number of piperazine rings is 1. The third kappa shape index (κ3) is 7.69. The Balaban J connectivity index is 1.73. The molecule has 228 valence electrons. The lowest BCUT2D eigenvalue weighted by Gasteiger charge is -2.51. The van der Waals surface area contributed by atoms with Crippen LogP contribution < -0.4 is 19.7 Å². The van der Waals surface area contributed by atoms with Crippen LogP contribution in [0, 0.1) is 0 Å². The number of hydrogen-bond acceptors (Lipinski definition) is 5. The van der Waals surface area contributed by atoms with Gasteiger partial charge in [0.1, 0.15) is 23.6 Å².